The van der Waals surface area contributed by atoms with Gasteiger partial charge in [0.2, 0.25) is 0 Å². The summed E-state index contributed by atoms with van der Waals surface area (Å²) in [6, 6.07) is 7.60. The minimum atomic E-state index is -0.191. The molecule has 0 saturated carbocycles. The van der Waals surface area contributed by atoms with Crippen LogP contribution in [0.15, 0.2) is 36.7 Å². The molecule has 19 heavy (non-hydrogen) atoms. The maximum Gasteiger partial charge on any atom is 0.316 e. The number of nitrogens with one attached hydrogen (secondary N) is 1. The molecular weight excluding hydrogens is 357 g/mol. The highest BCUT2D eigenvalue weighted by molar-refractivity contribution is 14.1. The van der Waals surface area contributed by atoms with Crippen molar-refractivity contribution in [2.24, 2.45) is 0 Å². The van der Waals surface area contributed by atoms with E-state index in [0.29, 0.717) is 23.9 Å². The number of carbonyl (C=O) groups excluding carboxylic acids is 1. The highest BCUT2D eigenvalue weighted by atomic mass is 127. The first-order valence-corrected chi connectivity index (χ1v) is 6.78. The minimum absolute atomic E-state index is 0.191. The van der Waals surface area contributed by atoms with Crippen molar-refractivity contribution in [3.63, 3.8) is 0 Å². The van der Waals surface area contributed by atoms with Crippen molar-refractivity contribution in [2.75, 3.05) is 11.9 Å². The van der Waals surface area contributed by atoms with Crippen LogP contribution < -0.4 is 10.1 Å². The molecule has 0 saturated heterocycles. The lowest BCUT2D eigenvalue weighted by atomic mass is 10.2. The molecular formula is C13H12IN3O2. The van der Waals surface area contributed by atoms with Crippen molar-refractivity contribution in [1.82, 2.24) is 9.97 Å². The number of aromatic nitrogens is 2. The van der Waals surface area contributed by atoms with Gasteiger partial charge >= 0.3 is 6.01 Å². The Labute approximate surface area is 124 Å². The Morgan fingerprint density at radius 3 is 2.47 bits per heavy atom. The molecule has 98 valence electrons. The number of anilines is 1. The van der Waals surface area contributed by atoms with Gasteiger partial charge in [0.1, 0.15) is 0 Å². The van der Waals surface area contributed by atoms with Gasteiger partial charge in [0.15, 0.2) is 0 Å². The Morgan fingerprint density at radius 2 is 1.89 bits per heavy atom. The van der Waals surface area contributed by atoms with Crippen molar-refractivity contribution in [3.8, 4) is 6.01 Å². The lowest BCUT2D eigenvalue weighted by Gasteiger charge is -2.05. The van der Waals surface area contributed by atoms with E-state index < -0.39 is 0 Å². The summed E-state index contributed by atoms with van der Waals surface area (Å²) in [5, 5.41) is 2.73. The normalized spacial score (nSPS) is 10.0. The topological polar surface area (TPSA) is 64.1 Å². The largest absolute Gasteiger partial charge is 0.464 e. The zero-order valence-corrected chi connectivity index (χ0v) is 12.4. The van der Waals surface area contributed by atoms with Gasteiger partial charge in [0.25, 0.3) is 5.91 Å². The molecule has 1 aromatic heterocycles. The molecule has 6 heteroatoms. The first-order chi connectivity index (χ1) is 9.19. The van der Waals surface area contributed by atoms with Crippen molar-refractivity contribution in [1.29, 1.82) is 0 Å². The van der Waals surface area contributed by atoms with Crippen molar-refractivity contribution in [3.05, 3.63) is 45.8 Å². The highest BCUT2D eigenvalue weighted by Gasteiger charge is 2.06. The van der Waals surface area contributed by atoms with Crippen LogP contribution in [0.3, 0.4) is 0 Å². The second-order valence-corrected chi connectivity index (χ2v) is 4.89. The average molecular weight is 369 g/mol. The number of ether oxygens (including phenoxy) is 1. The standard InChI is InChI=1S/C13H12IN3O2/c1-2-19-13-15-7-11(8-16-13)17-12(18)9-3-5-10(14)6-4-9/h3-8H,2H2,1H3,(H,17,18). The first-order valence-electron chi connectivity index (χ1n) is 5.71. The molecule has 0 atom stereocenters. The van der Waals surface area contributed by atoms with Crippen LogP contribution in [0.5, 0.6) is 6.01 Å². The molecule has 0 unspecified atom stereocenters. The predicted octanol–water partition coefficient (Wildman–Crippen LogP) is 2.73. The second kappa shape index (κ2) is 6.46. The SMILES string of the molecule is CCOc1ncc(NC(=O)c2ccc(I)cc2)cn1. The zero-order valence-electron chi connectivity index (χ0n) is 10.3. The number of hydrogen-bond acceptors (Lipinski definition) is 4. The van der Waals surface area contributed by atoms with Crippen LogP contribution in [0.2, 0.25) is 0 Å². The predicted molar refractivity (Wildman–Crippen MR) is 80.3 cm³/mol. The van der Waals surface area contributed by atoms with Gasteiger partial charge in [-0.15, -0.1) is 0 Å². The number of nitrogens with zero attached hydrogens (tertiary/aromatic N) is 2. The van der Waals surface area contributed by atoms with Gasteiger partial charge in [-0.1, -0.05) is 0 Å². The number of hydrogen-bond donors (Lipinski definition) is 1. The molecule has 1 N–H and O–H groups in total. The van der Waals surface area contributed by atoms with Gasteiger partial charge in [-0.3, -0.25) is 4.79 Å². The van der Waals surface area contributed by atoms with E-state index in [1.54, 1.807) is 12.1 Å². The molecule has 2 aromatic rings. The Hall–Kier alpha value is -1.70. The van der Waals surface area contributed by atoms with Gasteiger partial charge in [-0.2, -0.15) is 0 Å². The van der Waals surface area contributed by atoms with E-state index in [9.17, 15) is 4.79 Å². The van der Waals surface area contributed by atoms with E-state index in [0.717, 1.165) is 3.57 Å². The molecule has 1 amide bonds. The third-order valence-corrected chi connectivity index (χ3v) is 2.99. The van der Waals surface area contributed by atoms with Crippen LogP contribution in [0.25, 0.3) is 0 Å². The van der Waals surface area contributed by atoms with E-state index in [1.165, 1.54) is 12.4 Å². The average Bonchev–Trinajstić information content (AvgIpc) is 2.42. The Kier molecular flexibility index (Phi) is 4.67. The molecule has 2 rings (SSSR count). The third-order valence-electron chi connectivity index (χ3n) is 2.27. The van der Waals surface area contributed by atoms with Crippen LogP contribution in [0.4, 0.5) is 5.69 Å². The second-order valence-electron chi connectivity index (χ2n) is 3.65. The summed E-state index contributed by atoms with van der Waals surface area (Å²) in [4.78, 5) is 19.9. The van der Waals surface area contributed by atoms with E-state index in [-0.39, 0.29) is 5.91 Å². The summed E-state index contributed by atoms with van der Waals surface area (Å²) >= 11 is 2.19. The summed E-state index contributed by atoms with van der Waals surface area (Å²) in [6.07, 6.45) is 3.03. The van der Waals surface area contributed by atoms with E-state index >= 15 is 0 Å². The smallest absolute Gasteiger partial charge is 0.316 e. The van der Waals surface area contributed by atoms with Crippen LogP contribution in [-0.4, -0.2) is 22.5 Å². The summed E-state index contributed by atoms with van der Waals surface area (Å²) in [5.74, 6) is -0.191. The summed E-state index contributed by atoms with van der Waals surface area (Å²) in [7, 11) is 0. The first kappa shape index (κ1) is 13.7. The number of rotatable bonds is 4. The number of benzene rings is 1. The van der Waals surface area contributed by atoms with Crippen LogP contribution in [0.1, 0.15) is 17.3 Å². The van der Waals surface area contributed by atoms with E-state index in [2.05, 4.69) is 37.9 Å². The molecule has 0 radical (unpaired) electrons. The van der Waals surface area contributed by atoms with Gasteiger partial charge in [0, 0.05) is 9.13 Å². The Balaban J connectivity index is 2.04. The molecule has 0 fully saturated rings. The van der Waals surface area contributed by atoms with Gasteiger partial charge in [0.05, 0.1) is 24.7 Å². The Morgan fingerprint density at radius 1 is 1.26 bits per heavy atom. The lowest BCUT2D eigenvalue weighted by molar-refractivity contribution is 0.102. The minimum Gasteiger partial charge on any atom is -0.464 e. The molecule has 0 aliphatic heterocycles. The molecule has 0 aliphatic rings. The maximum absolute atomic E-state index is 11.9. The van der Waals surface area contributed by atoms with Gasteiger partial charge in [-0.25, -0.2) is 9.97 Å². The Bertz CT molecular complexity index is 555. The number of halogens is 1. The van der Waals surface area contributed by atoms with Crippen LogP contribution in [0, 0.1) is 3.57 Å². The number of carbonyl (C=O) groups is 1. The molecule has 0 bridgehead atoms. The summed E-state index contributed by atoms with van der Waals surface area (Å²) < 4.78 is 6.21. The van der Waals surface area contributed by atoms with Crippen molar-refractivity contribution < 1.29 is 9.53 Å². The molecule has 0 spiro atoms. The van der Waals surface area contributed by atoms with Crippen molar-refractivity contribution >= 4 is 34.2 Å². The van der Waals surface area contributed by atoms with Gasteiger partial charge < -0.3 is 10.1 Å². The third kappa shape index (κ3) is 3.88. The van der Waals surface area contributed by atoms with Crippen molar-refractivity contribution in [2.45, 2.75) is 6.92 Å². The molecule has 1 heterocycles. The molecule has 1 aromatic carbocycles. The fraction of sp³-hybridized carbons (Fsp3) is 0.154. The fourth-order valence-corrected chi connectivity index (χ4v) is 1.75. The zero-order chi connectivity index (χ0) is 13.7. The monoisotopic (exact) mass is 369 g/mol. The van der Waals surface area contributed by atoms with Gasteiger partial charge in [-0.05, 0) is 53.8 Å². The summed E-state index contributed by atoms with van der Waals surface area (Å²) in [5.41, 5.74) is 1.13. The van der Waals surface area contributed by atoms with Crippen LogP contribution >= 0.6 is 22.6 Å². The fourth-order valence-electron chi connectivity index (χ4n) is 1.39. The van der Waals surface area contributed by atoms with Crippen LogP contribution in [-0.2, 0) is 0 Å². The molecule has 0 aliphatic carbocycles. The van der Waals surface area contributed by atoms with E-state index in [4.69, 9.17) is 4.74 Å². The summed E-state index contributed by atoms with van der Waals surface area (Å²) in [6.45, 7) is 2.37. The highest BCUT2D eigenvalue weighted by Crippen LogP contribution is 2.11. The molecule has 5 nitrogen and oxygen atoms in total. The van der Waals surface area contributed by atoms with E-state index in [1.807, 2.05) is 19.1 Å². The lowest BCUT2D eigenvalue weighted by Crippen LogP contribution is -2.12. The number of amides is 1. The maximum atomic E-state index is 11.9. The quantitative estimate of drug-likeness (QED) is 0.842.